The fourth-order valence-electron chi connectivity index (χ4n) is 2.37. The molecule has 2 aromatic carbocycles. The number of carbonyl (C=O) groups excluding carboxylic acids is 1. The molecular weight excluding hydrogens is 408 g/mol. The quantitative estimate of drug-likeness (QED) is 0.480. The molecule has 0 aliphatic heterocycles. The maximum absolute atomic E-state index is 12.3. The summed E-state index contributed by atoms with van der Waals surface area (Å²) in [5.41, 5.74) is 5.79. The van der Waals surface area contributed by atoms with Gasteiger partial charge in [-0.15, -0.1) is 0 Å². The van der Waals surface area contributed by atoms with Gasteiger partial charge in [-0.3, -0.25) is 9.48 Å². The number of benzene rings is 2. The van der Waals surface area contributed by atoms with Gasteiger partial charge in [0.15, 0.2) is 0 Å². The SMILES string of the molecule is Cc1c(/C=N\NC(=O)c2cccc(COc3ccc(Br)cc3)c2)cnn1C. The minimum atomic E-state index is -0.279. The summed E-state index contributed by atoms with van der Waals surface area (Å²) in [7, 11) is 1.85. The molecule has 0 atom stereocenters. The van der Waals surface area contributed by atoms with Crippen LogP contribution in [0.15, 0.2) is 64.3 Å². The van der Waals surface area contributed by atoms with Crippen LogP contribution in [0, 0.1) is 6.92 Å². The van der Waals surface area contributed by atoms with Crippen molar-refractivity contribution in [1.29, 1.82) is 0 Å². The van der Waals surface area contributed by atoms with E-state index in [1.54, 1.807) is 29.2 Å². The summed E-state index contributed by atoms with van der Waals surface area (Å²) >= 11 is 3.39. The Morgan fingerprint density at radius 1 is 1.30 bits per heavy atom. The van der Waals surface area contributed by atoms with Crippen molar-refractivity contribution >= 4 is 28.1 Å². The number of nitrogens with one attached hydrogen (secondary N) is 1. The van der Waals surface area contributed by atoms with Crippen LogP contribution in [0.3, 0.4) is 0 Å². The van der Waals surface area contributed by atoms with Crippen LogP contribution in [0.1, 0.15) is 27.2 Å². The highest BCUT2D eigenvalue weighted by Gasteiger charge is 2.06. The van der Waals surface area contributed by atoms with E-state index in [-0.39, 0.29) is 5.91 Å². The van der Waals surface area contributed by atoms with Crippen LogP contribution in [-0.4, -0.2) is 21.9 Å². The van der Waals surface area contributed by atoms with Crippen LogP contribution >= 0.6 is 15.9 Å². The molecule has 3 rings (SSSR count). The molecule has 1 amide bonds. The number of aromatic nitrogens is 2. The van der Waals surface area contributed by atoms with Gasteiger partial charge in [-0.2, -0.15) is 10.2 Å². The third kappa shape index (κ3) is 5.04. The van der Waals surface area contributed by atoms with E-state index >= 15 is 0 Å². The summed E-state index contributed by atoms with van der Waals surface area (Å²) in [6, 6.07) is 14.9. The Morgan fingerprint density at radius 2 is 2.07 bits per heavy atom. The maximum atomic E-state index is 12.3. The van der Waals surface area contributed by atoms with Crippen LogP contribution in [0.4, 0.5) is 0 Å². The average molecular weight is 427 g/mol. The molecule has 0 aliphatic carbocycles. The Hall–Kier alpha value is -2.93. The Bertz CT molecular complexity index is 964. The van der Waals surface area contributed by atoms with Crippen molar-refractivity contribution < 1.29 is 9.53 Å². The van der Waals surface area contributed by atoms with Gasteiger partial charge in [0, 0.05) is 28.3 Å². The summed E-state index contributed by atoms with van der Waals surface area (Å²) < 4.78 is 8.49. The van der Waals surface area contributed by atoms with Gasteiger partial charge in [-0.1, -0.05) is 28.1 Å². The Morgan fingerprint density at radius 3 is 2.78 bits per heavy atom. The van der Waals surface area contributed by atoms with Crippen molar-refractivity contribution in [3.63, 3.8) is 0 Å². The first kappa shape index (κ1) is 18.8. The normalized spacial score (nSPS) is 10.9. The van der Waals surface area contributed by atoms with Crippen LogP contribution in [0.2, 0.25) is 0 Å². The lowest BCUT2D eigenvalue weighted by atomic mass is 10.1. The zero-order chi connectivity index (χ0) is 19.2. The molecule has 1 heterocycles. The Balaban J connectivity index is 1.59. The predicted molar refractivity (Wildman–Crippen MR) is 108 cm³/mol. The van der Waals surface area contributed by atoms with E-state index in [0.29, 0.717) is 12.2 Å². The molecule has 0 saturated heterocycles. The van der Waals surface area contributed by atoms with Crippen LogP contribution < -0.4 is 10.2 Å². The van der Waals surface area contributed by atoms with E-state index in [0.717, 1.165) is 27.0 Å². The number of aryl methyl sites for hydroxylation is 1. The lowest BCUT2D eigenvalue weighted by Gasteiger charge is -2.07. The third-order valence-electron chi connectivity index (χ3n) is 4.05. The molecule has 0 saturated carbocycles. The van der Waals surface area contributed by atoms with Gasteiger partial charge in [0.1, 0.15) is 12.4 Å². The second-order valence-electron chi connectivity index (χ2n) is 5.95. The molecule has 0 radical (unpaired) electrons. The average Bonchev–Trinajstić information content (AvgIpc) is 3.00. The lowest BCUT2D eigenvalue weighted by Crippen LogP contribution is -2.18. The number of amides is 1. The van der Waals surface area contributed by atoms with E-state index in [4.69, 9.17) is 4.74 Å². The number of hydrogen-bond donors (Lipinski definition) is 1. The van der Waals surface area contributed by atoms with Crippen molar-refractivity contribution in [3.05, 3.63) is 81.6 Å². The minimum Gasteiger partial charge on any atom is -0.489 e. The number of hydrogen-bond acceptors (Lipinski definition) is 4. The number of halogens is 1. The van der Waals surface area contributed by atoms with Crippen molar-refractivity contribution in [3.8, 4) is 5.75 Å². The zero-order valence-corrected chi connectivity index (χ0v) is 16.6. The number of carbonyl (C=O) groups is 1. The van der Waals surface area contributed by atoms with E-state index in [2.05, 4.69) is 31.6 Å². The van der Waals surface area contributed by atoms with E-state index in [1.807, 2.05) is 50.4 Å². The van der Waals surface area contributed by atoms with Gasteiger partial charge in [-0.05, 0) is 48.9 Å². The van der Waals surface area contributed by atoms with Gasteiger partial charge in [0.05, 0.1) is 12.4 Å². The van der Waals surface area contributed by atoms with Gasteiger partial charge in [-0.25, -0.2) is 5.43 Å². The Labute approximate surface area is 166 Å². The Kier molecular flexibility index (Phi) is 6.03. The largest absolute Gasteiger partial charge is 0.489 e. The molecule has 6 nitrogen and oxygen atoms in total. The standard InChI is InChI=1S/C20H19BrN4O2/c1-14-17(12-23-25(14)2)11-22-24-20(26)16-5-3-4-15(10-16)13-27-19-8-6-18(21)7-9-19/h3-12H,13H2,1-2H3,(H,24,26)/b22-11-. The molecule has 0 spiro atoms. The van der Waals surface area contributed by atoms with Gasteiger partial charge >= 0.3 is 0 Å². The van der Waals surface area contributed by atoms with Crippen molar-refractivity contribution in [2.45, 2.75) is 13.5 Å². The number of rotatable bonds is 6. The highest BCUT2D eigenvalue weighted by atomic mass is 79.9. The summed E-state index contributed by atoms with van der Waals surface area (Å²) in [4.78, 5) is 12.3. The van der Waals surface area contributed by atoms with Crippen LogP contribution in [-0.2, 0) is 13.7 Å². The van der Waals surface area contributed by atoms with E-state index in [1.165, 1.54) is 0 Å². The topological polar surface area (TPSA) is 68.5 Å². The number of ether oxygens (including phenoxy) is 1. The summed E-state index contributed by atoms with van der Waals surface area (Å²) in [5.74, 6) is 0.489. The smallest absolute Gasteiger partial charge is 0.271 e. The van der Waals surface area contributed by atoms with Gasteiger partial charge < -0.3 is 4.74 Å². The molecule has 7 heteroatoms. The third-order valence-corrected chi connectivity index (χ3v) is 4.58. The monoisotopic (exact) mass is 426 g/mol. The molecule has 1 aromatic heterocycles. The molecule has 0 unspecified atom stereocenters. The summed E-state index contributed by atoms with van der Waals surface area (Å²) in [6.45, 7) is 2.31. The fraction of sp³-hybridized carbons (Fsp3) is 0.150. The van der Waals surface area contributed by atoms with Crippen LogP contribution in [0.25, 0.3) is 0 Å². The fourth-order valence-corrected chi connectivity index (χ4v) is 2.63. The first-order valence-electron chi connectivity index (χ1n) is 8.32. The van der Waals surface area contributed by atoms with E-state index < -0.39 is 0 Å². The highest BCUT2D eigenvalue weighted by molar-refractivity contribution is 9.10. The number of hydrazone groups is 1. The second-order valence-corrected chi connectivity index (χ2v) is 6.87. The van der Waals surface area contributed by atoms with Crippen molar-refractivity contribution in [2.75, 3.05) is 0 Å². The molecule has 1 N–H and O–H groups in total. The van der Waals surface area contributed by atoms with Gasteiger partial charge in [0.25, 0.3) is 5.91 Å². The lowest BCUT2D eigenvalue weighted by molar-refractivity contribution is 0.0955. The summed E-state index contributed by atoms with van der Waals surface area (Å²) in [5, 5.41) is 8.14. The van der Waals surface area contributed by atoms with Crippen molar-refractivity contribution in [1.82, 2.24) is 15.2 Å². The molecule has 27 heavy (non-hydrogen) atoms. The molecule has 0 aliphatic rings. The first-order valence-corrected chi connectivity index (χ1v) is 9.11. The minimum absolute atomic E-state index is 0.279. The molecule has 0 fully saturated rings. The first-order chi connectivity index (χ1) is 13.0. The van der Waals surface area contributed by atoms with Gasteiger partial charge in [0.2, 0.25) is 0 Å². The van der Waals surface area contributed by atoms with Crippen molar-refractivity contribution in [2.24, 2.45) is 12.1 Å². The highest BCUT2D eigenvalue weighted by Crippen LogP contribution is 2.17. The van der Waals surface area contributed by atoms with E-state index in [9.17, 15) is 4.79 Å². The zero-order valence-electron chi connectivity index (χ0n) is 15.0. The molecule has 138 valence electrons. The predicted octanol–water partition coefficient (Wildman–Crippen LogP) is 3.83. The number of nitrogens with zero attached hydrogens (tertiary/aromatic N) is 3. The molecule has 3 aromatic rings. The molecular formula is C20H19BrN4O2. The summed E-state index contributed by atoms with van der Waals surface area (Å²) in [6.07, 6.45) is 3.28. The molecule has 0 bridgehead atoms. The van der Waals surface area contributed by atoms with Crippen LogP contribution in [0.5, 0.6) is 5.75 Å². The maximum Gasteiger partial charge on any atom is 0.271 e. The second kappa shape index (κ2) is 8.64.